The Morgan fingerprint density at radius 2 is 0.529 bits per heavy atom. The number of aliphatic hydroxyl groups excluding tert-OH is 1. The Bertz CT molecular complexity index is 2040. The quantitative estimate of drug-likeness (QED) is 0.0169. The van der Waals surface area contributed by atoms with Gasteiger partial charge in [0, 0.05) is 25.7 Å². The van der Waals surface area contributed by atoms with Gasteiger partial charge in [-0.3, -0.25) is 37.3 Å². The molecular weight excluding hydrogens is 1330 g/mol. The average molecular weight is 1490 g/mol. The molecule has 0 fully saturated rings. The van der Waals surface area contributed by atoms with Crippen LogP contribution in [0, 0.1) is 5.92 Å². The second-order valence-corrected chi connectivity index (χ2v) is 32.6. The molecule has 0 amide bonds. The van der Waals surface area contributed by atoms with E-state index < -0.39 is 97.5 Å². The number of unbranched alkanes of at least 4 members (excludes halogenated alkanes) is 50. The van der Waals surface area contributed by atoms with E-state index in [-0.39, 0.29) is 25.7 Å². The van der Waals surface area contributed by atoms with Gasteiger partial charge in [0.25, 0.3) is 0 Å². The van der Waals surface area contributed by atoms with Crippen LogP contribution in [0.2, 0.25) is 0 Å². The Balaban J connectivity index is 5.24. The Kier molecular flexibility index (Phi) is 73.5. The van der Waals surface area contributed by atoms with E-state index in [1.807, 2.05) is 0 Å². The van der Waals surface area contributed by atoms with Crippen molar-refractivity contribution < 1.29 is 80.2 Å². The molecule has 0 aliphatic heterocycles. The van der Waals surface area contributed by atoms with Crippen molar-refractivity contribution in [2.24, 2.45) is 5.92 Å². The van der Waals surface area contributed by atoms with Gasteiger partial charge in [0.15, 0.2) is 12.2 Å². The van der Waals surface area contributed by atoms with Gasteiger partial charge in [-0.15, -0.1) is 0 Å². The molecule has 2 unspecified atom stereocenters. The van der Waals surface area contributed by atoms with Crippen LogP contribution in [0.4, 0.5) is 0 Å². The number of aliphatic hydroxyl groups is 1. The second-order valence-electron chi connectivity index (χ2n) is 29.7. The van der Waals surface area contributed by atoms with E-state index in [0.29, 0.717) is 25.7 Å². The van der Waals surface area contributed by atoms with Crippen molar-refractivity contribution in [2.45, 2.75) is 438 Å². The van der Waals surface area contributed by atoms with Crippen LogP contribution in [0.5, 0.6) is 0 Å². The Morgan fingerprint density at radius 1 is 0.304 bits per heavy atom. The van der Waals surface area contributed by atoms with Crippen molar-refractivity contribution in [1.82, 2.24) is 0 Å². The van der Waals surface area contributed by atoms with Crippen molar-refractivity contribution in [3.05, 3.63) is 24.3 Å². The van der Waals surface area contributed by atoms with Crippen molar-refractivity contribution in [3.63, 3.8) is 0 Å². The molecule has 19 heteroatoms. The van der Waals surface area contributed by atoms with E-state index in [4.69, 9.17) is 37.0 Å². The zero-order valence-corrected chi connectivity index (χ0v) is 68.0. The lowest BCUT2D eigenvalue weighted by atomic mass is 10.0. The van der Waals surface area contributed by atoms with E-state index in [1.54, 1.807) is 0 Å². The predicted molar refractivity (Wildman–Crippen MR) is 418 cm³/mol. The zero-order chi connectivity index (χ0) is 74.8. The van der Waals surface area contributed by atoms with Gasteiger partial charge in [0.1, 0.15) is 19.3 Å². The molecule has 17 nitrogen and oxygen atoms in total. The molecule has 0 radical (unpaired) electrons. The van der Waals surface area contributed by atoms with Gasteiger partial charge in [-0.1, -0.05) is 367 Å². The predicted octanol–water partition coefficient (Wildman–Crippen LogP) is 24.8. The number of hydrogen-bond donors (Lipinski definition) is 3. The number of carbonyl (C=O) groups excluding carboxylic acids is 4. The van der Waals surface area contributed by atoms with Crippen molar-refractivity contribution in [3.8, 4) is 0 Å². The van der Waals surface area contributed by atoms with Gasteiger partial charge in [0.05, 0.1) is 26.4 Å². The number of allylic oxidation sites excluding steroid dienone is 4. The summed E-state index contributed by atoms with van der Waals surface area (Å²) in [6.45, 7) is 7.29. The van der Waals surface area contributed by atoms with Crippen LogP contribution in [-0.2, 0) is 65.4 Å². The maximum atomic E-state index is 13.1. The molecule has 0 aliphatic rings. The molecule has 3 N–H and O–H groups in total. The van der Waals surface area contributed by atoms with Crippen LogP contribution in [0.3, 0.4) is 0 Å². The molecule has 0 aromatic carbocycles. The number of rotatable bonds is 81. The van der Waals surface area contributed by atoms with Crippen LogP contribution < -0.4 is 0 Å². The molecule has 0 aromatic heterocycles. The Morgan fingerprint density at radius 3 is 0.804 bits per heavy atom. The zero-order valence-electron chi connectivity index (χ0n) is 66.2. The van der Waals surface area contributed by atoms with Crippen LogP contribution >= 0.6 is 15.6 Å². The van der Waals surface area contributed by atoms with E-state index in [0.717, 1.165) is 109 Å². The monoisotopic (exact) mass is 1490 g/mol. The molecule has 602 valence electrons. The van der Waals surface area contributed by atoms with Crippen LogP contribution in [0.15, 0.2) is 24.3 Å². The third kappa shape index (κ3) is 75.8. The second kappa shape index (κ2) is 75.4. The third-order valence-corrected chi connectivity index (χ3v) is 20.8. The molecule has 0 bridgehead atoms. The number of hydrogen-bond acceptors (Lipinski definition) is 15. The maximum absolute atomic E-state index is 13.1. The Labute approximate surface area is 624 Å². The molecule has 102 heavy (non-hydrogen) atoms. The summed E-state index contributed by atoms with van der Waals surface area (Å²) in [6, 6.07) is 0. The summed E-state index contributed by atoms with van der Waals surface area (Å²) < 4.78 is 68.7. The molecule has 0 rings (SSSR count). The fourth-order valence-corrected chi connectivity index (χ4v) is 14.0. The lowest BCUT2D eigenvalue weighted by Crippen LogP contribution is -2.30. The molecule has 0 aromatic rings. The van der Waals surface area contributed by atoms with Gasteiger partial charge in [0.2, 0.25) is 0 Å². The minimum Gasteiger partial charge on any atom is -0.462 e. The molecule has 5 atom stereocenters. The first-order valence-electron chi connectivity index (χ1n) is 42.5. The van der Waals surface area contributed by atoms with Crippen LogP contribution in [-0.4, -0.2) is 96.7 Å². The first-order valence-corrected chi connectivity index (χ1v) is 45.4. The van der Waals surface area contributed by atoms with Crippen molar-refractivity contribution in [1.29, 1.82) is 0 Å². The summed E-state index contributed by atoms with van der Waals surface area (Å²) in [5.74, 6) is -1.33. The fourth-order valence-electron chi connectivity index (χ4n) is 12.4. The largest absolute Gasteiger partial charge is 0.472 e. The van der Waals surface area contributed by atoms with Crippen molar-refractivity contribution >= 4 is 39.5 Å². The molecule has 0 saturated heterocycles. The van der Waals surface area contributed by atoms with Crippen LogP contribution in [0.1, 0.15) is 420 Å². The molecule has 0 heterocycles. The number of phosphoric acid groups is 2. The van der Waals surface area contributed by atoms with Gasteiger partial charge < -0.3 is 33.8 Å². The third-order valence-electron chi connectivity index (χ3n) is 18.9. The summed E-state index contributed by atoms with van der Waals surface area (Å²) in [4.78, 5) is 73.0. The van der Waals surface area contributed by atoms with E-state index in [1.165, 1.54) is 231 Å². The maximum Gasteiger partial charge on any atom is 0.472 e. The molecule has 0 saturated carbocycles. The minimum atomic E-state index is -4.97. The van der Waals surface area contributed by atoms with E-state index in [2.05, 4.69) is 58.9 Å². The highest BCUT2D eigenvalue weighted by Gasteiger charge is 2.30. The summed E-state index contributed by atoms with van der Waals surface area (Å²) in [6.07, 6.45) is 70.2. The SMILES string of the molecule is CCCCCC/C=C\C=C/CCCCCCCC(=O)O[C@H](COC(=O)CCCCCCCCCCC)COP(=O)(O)OC[C@H](O)COP(=O)(O)OC[C@@H](COC(=O)CCCCCCCCCCCCCCCCCCCCC)OC(=O)CCCCCCCCCCCCCCCCCCC(C)C. The van der Waals surface area contributed by atoms with Gasteiger partial charge in [-0.25, -0.2) is 9.13 Å². The summed E-state index contributed by atoms with van der Waals surface area (Å²) >= 11 is 0. The van der Waals surface area contributed by atoms with Gasteiger partial charge in [-0.2, -0.15) is 0 Å². The first-order chi connectivity index (χ1) is 49.5. The summed E-state index contributed by atoms with van der Waals surface area (Å²) in [5.41, 5.74) is 0. The fraction of sp³-hybridized carbons (Fsp3) is 0.904. The van der Waals surface area contributed by atoms with Crippen LogP contribution in [0.25, 0.3) is 0 Å². The highest BCUT2D eigenvalue weighted by atomic mass is 31.2. The normalized spacial score (nSPS) is 14.0. The van der Waals surface area contributed by atoms with Gasteiger partial charge >= 0.3 is 39.5 Å². The average Bonchev–Trinajstić information content (AvgIpc) is 0.909. The highest BCUT2D eigenvalue weighted by Crippen LogP contribution is 2.45. The lowest BCUT2D eigenvalue weighted by molar-refractivity contribution is -0.161. The standard InChI is InChI=1S/C83H158O17P2/c1-6-9-12-15-18-21-23-25-27-28-29-30-35-38-42-47-52-57-62-67-81(86)94-73-79(100-83(88)69-64-59-54-49-44-40-36-32-31-34-37-41-46-50-55-60-65-76(4)5)75-98-102(91,92)96-71-77(84)70-95-101(89,90)97-74-78(72-93-80(85)66-61-56-51-45-20-17-14-11-8-3)99-82(87)68-63-58-53-48-43-39-33-26-24-22-19-16-13-10-7-2/h22,24,26,33,76-79,84H,6-21,23,25,27-32,34-75H2,1-5H3,(H,89,90)(H,91,92)/b24-22-,33-26-/t77-,78+,79+/m0/s1. The molecule has 0 spiro atoms. The van der Waals surface area contributed by atoms with E-state index >= 15 is 0 Å². The molecule has 0 aliphatic carbocycles. The lowest BCUT2D eigenvalue weighted by Gasteiger charge is -2.21. The number of ether oxygens (including phenoxy) is 4. The topological polar surface area (TPSA) is 237 Å². The van der Waals surface area contributed by atoms with Gasteiger partial charge in [-0.05, 0) is 57.3 Å². The summed E-state index contributed by atoms with van der Waals surface area (Å²) in [7, 11) is -9.93. The molecular formula is C83H158O17P2. The number of esters is 4. The van der Waals surface area contributed by atoms with E-state index in [9.17, 15) is 43.2 Å². The number of carbonyl (C=O) groups is 4. The summed E-state index contributed by atoms with van der Waals surface area (Å²) in [5, 5.41) is 10.6. The highest BCUT2D eigenvalue weighted by molar-refractivity contribution is 7.47. The number of phosphoric ester groups is 2. The first kappa shape index (κ1) is 99.5. The Hall–Kier alpha value is -2.46. The smallest absolute Gasteiger partial charge is 0.462 e. The van der Waals surface area contributed by atoms with Crippen molar-refractivity contribution in [2.75, 3.05) is 39.6 Å². The minimum absolute atomic E-state index is 0.0854.